The standard InChI is InChI=1S/C15H24BrNO2/c1-11(2)10-17(7-8-19-4)13-5-6-14(12(3)18)15(16)9-13/h5-6,9,11-12,18H,7-8,10H2,1-4H3/t12-/m0/s1. The molecule has 0 heterocycles. The molecule has 0 fully saturated rings. The number of aliphatic hydroxyl groups is 1. The molecule has 0 aliphatic heterocycles. The van der Waals surface area contributed by atoms with Crippen molar-refractivity contribution in [2.45, 2.75) is 26.9 Å². The molecule has 0 aliphatic rings. The first-order chi connectivity index (χ1) is 8.95. The topological polar surface area (TPSA) is 32.7 Å². The highest BCUT2D eigenvalue weighted by molar-refractivity contribution is 9.10. The molecule has 1 rings (SSSR count). The van der Waals surface area contributed by atoms with Crippen LogP contribution in [-0.4, -0.2) is 31.9 Å². The molecular weight excluding hydrogens is 306 g/mol. The number of ether oxygens (including phenoxy) is 1. The van der Waals surface area contributed by atoms with Gasteiger partial charge < -0.3 is 14.7 Å². The summed E-state index contributed by atoms with van der Waals surface area (Å²) in [4.78, 5) is 2.31. The van der Waals surface area contributed by atoms with Crippen LogP contribution in [0.3, 0.4) is 0 Å². The molecule has 1 atom stereocenters. The van der Waals surface area contributed by atoms with E-state index in [-0.39, 0.29) is 0 Å². The number of aliphatic hydroxyl groups excluding tert-OH is 1. The minimum atomic E-state index is -0.457. The van der Waals surface area contributed by atoms with Gasteiger partial charge in [-0.25, -0.2) is 0 Å². The molecule has 0 aliphatic carbocycles. The van der Waals surface area contributed by atoms with Gasteiger partial charge in [-0.15, -0.1) is 0 Å². The summed E-state index contributed by atoms with van der Waals surface area (Å²) in [7, 11) is 1.72. The maximum atomic E-state index is 9.66. The number of rotatable bonds is 7. The molecule has 108 valence electrons. The summed E-state index contributed by atoms with van der Waals surface area (Å²) < 4.78 is 6.12. The molecule has 0 saturated carbocycles. The van der Waals surface area contributed by atoms with Crippen LogP contribution in [0, 0.1) is 5.92 Å². The van der Waals surface area contributed by atoms with E-state index in [1.165, 1.54) is 0 Å². The van der Waals surface area contributed by atoms with Gasteiger partial charge >= 0.3 is 0 Å². The molecule has 19 heavy (non-hydrogen) atoms. The lowest BCUT2D eigenvalue weighted by molar-refractivity contribution is 0.198. The maximum absolute atomic E-state index is 9.66. The molecule has 0 spiro atoms. The van der Waals surface area contributed by atoms with Crippen LogP contribution in [0.2, 0.25) is 0 Å². The third-order valence-corrected chi connectivity index (χ3v) is 3.64. The van der Waals surface area contributed by atoms with Crippen molar-refractivity contribution in [3.05, 3.63) is 28.2 Å². The van der Waals surface area contributed by atoms with Gasteiger partial charge in [-0.05, 0) is 30.5 Å². The molecule has 1 aromatic carbocycles. The van der Waals surface area contributed by atoms with Crippen LogP contribution in [0.15, 0.2) is 22.7 Å². The van der Waals surface area contributed by atoms with Gasteiger partial charge in [0.25, 0.3) is 0 Å². The monoisotopic (exact) mass is 329 g/mol. The molecule has 1 aromatic rings. The summed E-state index contributed by atoms with van der Waals surface area (Å²) in [5.74, 6) is 0.590. The van der Waals surface area contributed by atoms with Crippen molar-refractivity contribution in [3.8, 4) is 0 Å². The summed E-state index contributed by atoms with van der Waals surface area (Å²) in [5, 5.41) is 9.66. The summed E-state index contributed by atoms with van der Waals surface area (Å²) in [6.45, 7) is 8.76. The van der Waals surface area contributed by atoms with Crippen molar-refractivity contribution in [1.82, 2.24) is 0 Å². The Kier molecular flexibility index (Phi) is 6.83. The number of anilines is 1. The van der Waals surface area contributed by atoms with E-state index in [0.29, 0.717) is 12.5 Å². The fourth-order valence-corrected chi connectivity index (χ4v) is 2.72. The van der Waals surface area contributed by atoms with Crippen molar-refractivity contribution in [3.63, 3.8) is 0 Å². The van der Waals surface area contributed by atoms with Gasteiger partial charge in [0.2, 0.25) is 0 Å². The Morgan fingerprint density at radius 1 is 1.32 bits per heavy atom. The number of halogens is 1. The van der Waals surface area contributed by atoms with Gasteiger partial charge in [0.05, 0.1) is 12.7 Å². The van der Waals surface area contributed by atoms with Crippen molar-refractivity contribution in [2.75, 3.05) is 31.7 Å². The van der Waals surface area contributed by atoms with Gasteiger partial charge in [-0.2, -0.15) is 0 Å². The normalized spacial score (nSPS) is 12.8. The number of benzene rings is 1. The van der Waals surface area contributed by atoms with Gasteiger partial charge in [-0.3, -0.25) is 0 Å². The minimum Gasteiger partial charge on any atom is -0.389 e. The minimum absolute atomic E-state index is 0.457. The average Bonchev–Trinajstić information content (AvgIpc) is 2.33. The van der Waals surface area contributed by atoms with Crippen LogP contribution in [-0.2, 0) is 4.74 Å². The number of hydrogen-bond acceptors (Lipinski definition) is 3. The lowest BCUT2D eigenvalue weighted by Gasteiger charge is -2.27. The van der Waals surface area contributed by atoms with Gasteiger partial charge in [0.1, 0.15) is 0 Å². The number of hydrogen-bond donors (Lipinski definition) is 1. The Labute approximate surface area is 124 Å². The summed E-state index contributed by atoms with van der Waals surface area (Å²) in [6, 6.07) is 6.11. The van der Waals surface area contributed by atoms with Crippen LogP contribution in [0.4, 0.5) is 5.69 Å². The highest BCUT2D eigenvalue weighted by atomic mass is 79.9. The van der Waals surface area contributed by atoms with E-state index in [0.717, 1.165) is 28.8 Å². The molecule has 0 bridgehead atoms. The van der Waals surface area contributed by atoms with Crippen LogP contribution in [0.5, 0.6) is 0 Å². The van der Waals surface area contributed by atoms with E-state index >= 15 is 0 Å². The smallest absolute Gasteiger partial charge is 0.0772 e. The maximum Gasteiger partial charge on any atom is 0.0772 e. The first-order valence-corrected chi connectivity index (χ1v) is 7.46. The molecular formula is C15H24BrNO2. The average molecular weight is 330 g/mol. The first-order valence-electron chi connectivity index (χ1n) is 6.67. The third-order valence-electron chi connectivity index (χ3n) is 2.95. The number of methoxy groups -OCH3 is 1. The second-order valence-corrected chi connectivity index (χ2v) is 6.07. The largest absolute Gasteiger partial charge is 0.389 e. The molecule has 0 radical (unpaired) electrons. The van der Waals surface area contributed by atoms with Gasteiger partial charge in [0.15, 0.2) is 0 Å². The van der Waals surface area contributed by atoms with E-state index in [2.05, 4.69) is 46.8 Å². The highest BCUT2D eigenvalue weighted by Crippen LogP contribution is 2.28. The first kappa shape index (κ1) is 16.5. The second-order valence-electron chi connectivity index (χ2n) is 5.21. The van der Waals surface area contributed by atoms with Crippen molar-refractivity contribution in [1.29, 1.82) is 0 Å². The summed E-state index contributed by atoms with van der Waals surface area (Å²) >= 11 is 3.53. The van der Waals surface area contributed by atoms with E-state index < -0.39 is 6.10 Å². The Hall–Kier alpha value is -0.580. The number of nitrogens with zero attached hydrogens (tertiary/aromatic N) is 1. The zero-order valence-corrected chi connectivity index (χ0v) is 13.8. The fraction of sp³-hybridized carbons (Fsp3) is 0.600. The second kappa shape index (κ2) is 7.88. The quantitative estimate of drug-likeness (QED) is 0.829. The Morgan fingerprint density at radius 3 is 2.47 bits per heavy atom. The Bertz CT molecular complexity index is 394. The lowest BCUT2D eigenvalue weighted by Crippen LogP contribution is -2.31. The summed E-state index contributed by atoms with van der Waals surface area (Å²) in [5.41, 5.74) is 2.07. The molecule has 4 heteroatoms. The summed E-state index contributed by atoms with van der Waals surface area (Å²) in [6.07, 6.45) is -0.457. The van der Waals surface area contributed by atoms with E-state index in [9.17, 15) is 5.11 Å². The zero-order chi connectivity index (χ0) is 14.4. The molecule has 0 saturated heterocycles. The van der Waals surface area contributed by atoms with E-state index in [4.69, 9.17) is 4.74 Å². The van der Waals surface area contributed by atoms with Crippen molar-refractivity contribution >= 4 is 21.6 Å². The predicted octanol–water partition coefficient (Wildman–Crippen LogP) is 3.61. The van der Waals surface area contributed by atoms with Crippen molar-refractivity contribution < 1.29 is 9.84 Å². The Morgan fingerprint density at radius 2 is 2.00 bits per heavy atom. The van der Waals surface area contributed by atoms with E-state index in [1.807, 2.05) is 6.07 Å². The van der Waals surface area contributed by atoms with Crippen molar-refractivity contribution in [2.24, 2.45) is 5.92 Å². The third kappa shape index (κ3) is 5.13. The van der Waals surface area contributed by atoms with Crippen LogP contribution in [0.1, 0.15) is 32.4 Å². The van der Waals surface area contributed by atoms with Crippen LogP contribution in [0.25, 0.3) is 0 Å². The SMILES string of the molecule is COCCN(CC(C)C)c1ccc([C@H](C)O)c(Br)c1. The molecule has 0 aromatic heterocycles. The van der Waals surface area contributed by atoms with E-state index in [1.54, 1.807) is 14.0 Å². The van der Waals surface area contributed by atoms with Gasteiger partial charge in [-0.1, -0.05) is 35.8 Å². The highest BCUT2D eigenvalue weighted by Gasteiger charge is 2.12. The predicted molar refractivity (Wildman–Crippen MR) is 83.7 cm³/mol. The molecule has 3 nitrogen and oxygen atoms in total. The molecule has 0 amide bonds. The van der Waals surface area contributed by atoms with Crippen LogP contribution >= 0.6 is 15.9 Å². The molecule has 1 N–H and O–H groups in total. The molecule has 0 unspecified atom stereocenters. The van der Waals surface area contributed by atoms with Gasteiger partial charge in [0, 0.05) is 30.4 Å². The van der Waals surface area contributed by atoms with Crippen LogP contribution < -0.4 is 4.90 Å². The lowest BCUT2D eigenvalue weighted by atomic mass is 10.1. The fourth-order valence-electron chi connectivity index (χ4n) is 2.02. The zero-order valence-electron chi connectivity index (χ0n) is 12.2. The Balaban J connectivity index is 2.92.